The van der Waals surface area contributed by atoms with E-state index in [2.05, 4.69) is 4.72 Å². The molecule has 0 saturated carbocycles. The Morgan fingerprint density at radius 2 is 1.56 bits per heavy atom. The average molecular weight is 383 g/mol. The Hall–Kier alpha value is -2.83. The lowest BCUT2D eigenvalue weighted by atomic mass is 9.97. The van der Waals surface area contributed by atoms with Crippen LogP contribution in [0.1, 0.15) is 15.9 Å². The van der Waals surface area contributed by atoms with Crippen LogP contribution in [0.2, 0.25) is 0 Å². The summed E-state index contributed by atoms with van der Waals surface area (Å²) in [5.41, 5.74) is 1.69. The number of hydrogen-bond acceptors (Lipinski definition) is 3. The first-order valence-electron chi connectivity index (χ1n) is 8.32. The molecule has 0 aliphatic carbocycles. The zero-order valence-corrected chi connectivity index (χ0v) is 15.5. The molecule has 0 bridgehead atoms. The van der Waals surface area contributed by atoms with Gasteiger partial charge in [-0.15, -0.1) is 0 Å². The molecular formula is C21H18FNO3S. The second-order valence-electron chi connectivity index (χ2n) is 6.07. The van der Waals surface area contributed by atoms with Crippen LogP contribution in [0.4, 0.5) is 4.39 Å². The van der Waals surface area contributed by atoms with E-state index in [0.29, 0.717) is 16.7 Å². The van der Waals surface area contributed by atoms with Crippen molar-refractivity contribution in [3.63, 3.8) is 0 Å². The first-order valence-corrected chi connectivity index (χ1v) is 9.80. The zero-order valence-electron chi connectivity index (χ0n) is 14.6. The molecule has 0 radical (unpaired) electrons. The van der Waals surface area contributed by atoms with Crippen LogP contribution in [0.15, 0.2) is 77.7 Å². The molecule has 27 heavy (non-hydrogen) atoms. The second kappa shape index (κ2) is 7.82. The maximum atomic E-state index is 14.4. The molecule has 0 amide bonds. The Kier molecular flexibility index (Phi) is 5.48. The largest absolute Gasteiger partial charge is 0.293 e. The molecule has 3 rings (SSSR count). The number of sulfonamides is 1. The minimum Gasteiger partial charge on any atom is -0.293 e. The minimum atomic E-state index is -3.79. The van der Waals surface area contributed by atoms with E-state index in [1.54, 1.807) is 49.4 Å². The maximum Gasteiger partial charge on any atom is 0.240 e. The van der Waals surface area contributed by atoms with Gasteiger partial charge in [0.25, 0.3) is 0 Å². The number of nitrogens with one attached hydrogen (secondary N) is 1. The molecule has 3 aromatic rings. The van der Waals surface area contributed by atoms with Crippen LogP contribution in [0, 0.1) is 12.7 Å². The van der Waals surface area contributed by atoms with Gasteiger partial charge in [-0.05, 0) is 42.3 Å². The van der Waals surface area contributed by atoms with E-state index in [4.69, 9.17) is 0 Å². The van der Waals surface area contributed by atoms with Crippen molar-refractivity contribution in [3.8, 4) is 11.1 Å². The second-order valence-corrected chi connectivity index (χ2v) is 7.84. The summed E-state index contributed by atoms with van der Waals surface area (Å²) in [6.45, 7) is 1.22. The summed E-state index contributed by atoms with van der Waals surface area (Å²) in [7, 11) is -3.79. The molecule has 4 nitrogen and oxygen atoms in total. The average Bonchev–Trinajstić information content (AvgIpc) is 2.68. The highest BCUT2D eigenvalue weighted by molar-refractivity contribution is 7.89. The number of aryl methyl sites for hydroxylation is 1. The SMILES string of the molecule is Cc1cc(F)c(-c2ccccc2)cc1C(=O)CNS(=O)(=O)c1ccccc1. The van der Waals surface area contributed by atoms with Crippen LogP contribution in [0.5, 0.6) is 0 Å². The fraction of sp³-hybridized carbons (Fsp3) is 0.0952. The molecular weight excluding hydrogens is 365 g/mol. The number of Topliss-reactive ketones (excluding diaryl/α,β-unsaturated/α-hetero) is 1. The molecule has 0 spiro atoms. The molecule has 138 valence electrons. The van der Waals surface area contributed by atoms with E-state index >= 15 is 0 Å². The van der Waals surface area contributed by atoms with E-state index in [9.17, 15) is 17.6 Å². The van der Waals surface area contributed by atoms with Crippen molar-refractivity contribution in [2.45, 2.75) is 11.8 Å². The number of ketones is 1. The number of rotatable bonds is 6. The monoisotopic (exact) mass is 383 g/mol. The maximum absolute atomic E-state index is 14.4. The Morgan fingerprint density at radius 1 is 0.963 bits per heavy atom. The summed E-state index contributed by atoms with van der Waals surface area (Å²) in [6.07, 6.45) is 0. The smallest absolute Gasteiger partial charge is 0.240 e. The van der Waals surface area contributed by atoms with Crippen molar-refractivity contribution in [2.75, 3.05) is 6.54 Å². The first kappa shape index (κ1) is 18.9. The number of halogens is 1. The summed E-state index contributed by atoms with van der Waals surface area (Å²) in [5.74, 6) is -0.857. The van der Waals surface area contributed by atoms with Crippen LogP contribution in [-0.2, 0) is 10.0 Å². The predicted molar refractivity (Wildman–Crippen MR) is 103 cm³/mol. The predicted octanol–water partition coefficient (Wildman–Crippen LogP) is 3.96. The van der Waals surface area contributed by atoms with Gasteiger partial charge in [0.1, 0.15) is 5.82 Å². The summed E-state index contributed by atoms with van der Waals surface area (Å²) < 4.78 is 41.2. The Bertz CT molecular complexity index is 1070. The van der Waals surface area contributed by atoms with Gasteiger partial charge >= 0.3 is 0 Å². The molecule has 0 aliphatic heterocycles. The van der Waals surface area contributed by atoms with Crippen LogP contribution in [-0.4, -0.2) is 20.7 Å². The third kappa shape index (κ3) is 4.30. The number of carbonyl (C=O) groups excluding carboxylic acids is 1. The fourth-order valence-corrected chi connectivity index (χ4v) is 3.75. The third-order valence-corrected chi connectivity index (χ3v) is 5.59. The molecule has 0 saturated heterocycles. The van der Waals surface area contributed by atoms with Crippen LogP contribution >= 0.6 is 0 Å². The molecule has 0 atom stereocenters. The van der Waals surface area contributed by atoms with Gasteiger partial charge in [0.05, 0.1) is 11.4 Å². The van der Waals surface area contributed by atoms with Gasteiger partial charge in [0.15, 0.2) is 5.78 Å². The Morgan fingerprint density at radius 3 is 2.19 bits per heavy atom. The summed E-state index contributed by atoms with van der Waals surface area (Å²) in [4.78, 5) is 12.7. The van der Waals surface area contributed by atoms with Gasteiger partial charge in [0, 0.05) is 11.1 Å². The highest BCUT2D eigenvalue weighted by Crippen LogP contribution is 2.26. The van der Waals surface area contributed by atoms with Crippen molar-refractivity contribution in [1.29, 1.82) is 0 Å². The highest BCUT2D eigenvalue weighted by atomic mass is 32.2. The topological polar surface area (TPSA) is 63.2 Å². The minimum absolute atomic E-state index is 0.0820. The van der Waals surface area contributed by atoms with E-state index in [1.165, 1.54) is 24.3 Å². The molecule has 6 heteroatoms. The molecule has 3 aromatic carbocycles. The molecule has 0 fully saturated rings. The standard InChI is InChI=1S/C21H18FNO3S/c1-15-12-20(22)19(16-8-4-2-5-9-16)13-18(15)21(24)14-23-27(25,26)17-10-6-3-7-11-17/h2-13,23H,14H2,1H3. The van der Waals surface area contributed by atoms with Gasteiger partial charge < -0.3 is 0 Å². The normalized spacial score (nSPS) is 11.3. The number of hydrogen-bond donors (Lipinski definition) is 1. The van der Waals surface area contributed by atoms with Gasteiger partial charge in [-0.25, -0.2) is 17.5 Å². The third-order valence-electron chi connectivity index (χ3n) is 4.18. The quantitative estimate of drug-likeness (QED) is 0.656. The number of benzene rings is 3. The Balaban J connectivity index is 1.85. The summed E-state index contributed by atoms with van der Waals surface area (Å²) >= 11 is 0. The fourth-order valence-electron chi connectivity index (χ4n) is 2.75. The lowest BCUT2D eigenvalue weighted by Crippen LogP contribution is -2.30. The lowest BCUT2D eigenvalue weighted by Gasteiger charge is -2.11. The van der Waals surface area contributed by atoms with E-state index in [0.717, 1.165) is 0 Å². The van der Waals surface area contributed by atoms with Gasteiger partial charge in [0.2, 0.25) is 10.0 Å². The van der Waals surface area contributed by atoms with Crippen LogP contribution < -0.4 is 4.72 Å². The lowest BCUT2D eigenvalue weighted by molar-refractivity contribution is 0.0996. The highest BCUT2D eigenvalue weighted by Gasteiger charge is 2.18. The van der Waals surface area contributed by atoms with E-state index < -0.39 is 28.2 Å². The molecule has 0 unspecified atom stereocenters. The Labute approximate surface area is 157 Å². The van der Waals surface area contributed by atoms with Crippen molar-refractivity contribution in [3.05, 3.63) is 89.7 Å². The van der Waals surface area contributed by atoms with Crippen LogP contribution in [0.25, 0.3) is 11.1 Å². The van der Waals surface area contributed by atoms with Crippen molar-refractivity contribution < 1.29 is 17.6 Å². The van der Waals surface area contributed by atoms with Gasteiger partial charge in [-0.1, -0.05) is 48.5 Å². The molecule has 0 heterocycles. The van der Waals surface area contributed by atoms with E-state index in [-0.39, 0.29) is 10.5 Å². The van der Waals surface area contributed by atoms with E-state index in [1.807, 2.05) is 6.07 Å². The first-order chi connectivity index (χ1) is 12.9. The van der Waals surface area contributed by atoms with Gasteiger partial charge in [-0.3, -0.25) is 4.79 Å². The van der Waals surface area contributed by atoms with Crippen molar-refractivity contribution in [1.82, 2.24) is 4.72 Å². The van der Waals surface area contributed by atoms with Crippen LogP contribution in [0.3, 0.4) is 0 Å². The van der Waals surface area contributed by atoms with Crippen molar-refractivity contribution in [2.24, 2.45) is 0 Å². The molecule has 0 aromatic heterocycles. The molecule has 1 N–H and O–H groups in total. The van der Waals surface area contributed by atoms with Gasteiger partial charge in [-0.2, -0.15) is 0 Å². The summed E-state index contributed by atoms with van der Waals surface area (Å²) in [5, 5.41) is 0. The zero-order chi connectivity index (χ0) is 19.4. The summed E-state index contributed by atoms with van der Waals surface area (Å²) in [6, 6.07) is 19.5. The molecule has 0 aliphatic rings. The van der Waals surface area contributed by atoms with Crippen molar-refractivity contribution >= 4 is 15.8 Å². The number of carbonyl (C=O) groups is 1.